The topological polar surface area (TPSA) is 88.3 Å². The summed E-state index contributed by atoms with van der Waals surface area (Å²) in [5.74, 6) is -1.58. The van der Waals surface area contributed by atoms with Crippen LogP contribution >= 0.6 is 23.2 Å². The van der Waals surface area contributed by atoms with Crippen molar-refractivity contribution in [1.29, 1.82) is 0 Å². The van der Waals surface area contributed by atoms with Crippen LogP contribution in [0.4, 0.5) is 22.4 Å². The Morgan fingerprint density at radius 1 is 1.24 bits per heavy atom. The third-order valence-electron chi connectivity index (χ3n) is 4.27. The van der Waals surface area contributed by atoms with E-state index in [9.17, 15) is 27.2 Å². The van der Waals surface area contributed by atoms with Gasteiger partial charge in [-0.1, -0.05) is 29.3 Å². The molecule has 1 aliphatic heterocycles. The molecule has 0 aliphatic carbocycles. The number of hydrogen-bond acceptors (Lipinski definition) is 3. The monoisotopic (exact) mass is 450 g/mol. The minimum absolute atomic E-state index is 0.180. The second kappa shape index (κ2) is 7.68. The summed E-state index contributed by atoms with van der Waals surface area (Å²) in [6.45, 7) is -0.237. The molecular formula is C17H12Cl2F4N4O2. The summed E-state index contributed by atoms with van der Waals surface area (Å²) >= 11 is 11.4. The number of primary amides is 1. The van der Waals surface area contributed by atoms with E-state index in [0.29, 0.717) is 0 Å². The van der Waals surface area contributed by atoms with Crippen molar-refractivity contribution >= 4 is 35.1 Å². The lowest BCUT2D eigenvalue weighted by Gasteiger charge is -2.28. The first-order chi connectivity index (χ1) is 13.5. The van der Waals surface area contributed by atoms with Gasteiger partial charge in [-0.25, -0.2) is 14.2 Å². The molecule has 2 heterocycles. The molecule has 12 heteroatoms. The number of carbonyl (C=O) groups is 2. The number of rotatable bonds is 4. The lowest BCUT2D eigenvalue weighted by atomic mass is 10.0. The quantitative estimate of drug-likeness (QED) is 0.698. The first-order valence-electron chi connectivity index (χ1n) is 8.04. The molecule has 3 amide bonds. The summed E-state index contributed by atoms with van der Waals surface area (Å²) in [5, 5.41) is 1.41. The molecule has 0 saturated carbocycles. The Bertz CT molecular complexity index is 986. The summed E-state index contributed by atoms with van der Waals surface area (Å²) in [6, 6.07) is 2.58. The molecule has 1 aliphatic rings. The van der Waals surface area contributed by atoms with Crippen LogP contribution in [-0.4, -0.2) is 34.4 Å². The first-order valence-corrected chi connectivity index (χ1v) is 8.79. The maximum absolute atomic E-state index is 13.6. The van der Waals surface area contributed by atoms with Gasteiger partial charge in [-0.15, -0.1) is 0 Å². The Kier molecular flexibility index (Phi) is 5.59. The fraction of sp³-hybridized carbons (Fsp3) is 0.235. The summed E-state index contributed by atoms with van der Waals surface area (Å²) < 4.78 is 53.4. The van der Waals surface area contributed by atoms with Gasteiger partial charge in [0.2, 0.25) is 5.91 Å². The minimum Gasteiger partial charge on any atom is -0.368 e. The van der Waals surface area contributed by atoms with E-state index in [1.54, 1.807) is 0 Å². The Labute approximate surface area is 171 Å². The van der Waals surface area contributed by atoms with Gasteiger partial charge in [0.25, 0.3) is 0 Å². The third-order valence-corrected chi connectivity index (χ3v) is 4.86. The zero-order valence-electron chi connectivity index (χ0n) is 14.3. The number of halogens is 6. The van der Waals surface area contributed by atoms with Crippen LogP contribution in [0.2, 0.25) is 10.0 Å². The van der Waals surface area contributed by atoms with Crippen molar-refractivity contribution in [2.45, 2.75) is 18.3 Å². The van der Waals surface area contributed by atoms with Gasteiger partial charge in [0.1, 0.15) is 17.9 Å². The molecule has 1 saturated heterocycles. The molecule has 29 heavy (non-hydrogen) atoms. The van der Waals surface area contributed by atoms with Gasteiger partial charge in [0.05, 0.1) is 22.3 Å². The molecule has 154 valence electrons. The highest BCUT2D eigenvalue weighted by Crippen LogP contribution is 2.37. The van der Waals surface area contributed by atoms with Gasteiger partial charge in [0.15, 0.2) is 5.69 Å². The van der Waals surface area contributed by atoms with Crippen molar-refractivity contribution < 1.29 is 27.2 Å². The maximum Gasteiger partial charge on any atom is 0.434 e. The second-order valence-electron chi connectivity index (χ2n) is 6.20. The first kappa shape index (κ1) is 21.1. The van der Waals surface area contributed by atoms with Crippen LogP contribution in [0.25, 0.3) is 0 Å². The fourth-order valence-corrected chi connectivity index (χ4v) is 3.34. The lowest BCUT2D eigenvalue weighted by Crippen LogP contribution is -2.39. The summed E-state index contributed by atoms with van der Waals surface area (Å²) in [7, 11) is 0. The van der Waals surface area contributed by atoms with Crippen molar-refractivity contribution in [3.8, 4) is 0 Å². The minimum atomic E-state index is -4.85. The summed E-state index contributed by atoms with van der Waals surface area (Å²) in [4.78, 5) is 28.5. The summed E-state index contributed by atoms with van der Waals surface area (Å²) in [5.41, 5.74) is 3.84. The molecule has 1 fully saturated rings. The normalized spacial score (nSPS) is 17.9. The number of amides is 3. The third kappa shape index (κ3) is 4.23. The molecule has 0 bridgehead atoms. The number of pyridine rings is 1. The second-order valence-corrected chi connectivity index (χ2v) is 7.01. The molecule has 0 spiro atoms. The summed E-state index contributed by atoms with van der Waals surface area (Å²) in [6.07, 6.45) is -4.85. The van der Waals surface area contributed by atoms with Crippen molar-refractivity contribution in [1.82, 2.24) is 15.2 Å². The molecule has 3 rings (SSSR count). The van der Waals surface area contributed by atoms with Crippen LogP contribution in [0.3, 0.4) is 0 Å². The lowest BCUT2D eigenvalue weighted by molar-refractivity contribution is -0.141. The molecule has 1 aromatic heterocycles. The van der Waals surface area contributed by atoms with Gasteiger partial charge in [-0.2, -0.15) is 13.2 Å². The van der Waals surface area contributed by atoms with Crippen LogP contribution in [0.5, 0.6) is 0 Å². The van der Waals surface area contributed by atoms with Crippen molar-refractivity contribution in [2.24, 2.45) is 5.73 Å². The number of urea groups is 1. The standard InChI is InChI=1S/C17H12Cl2F4N4O2/c18-8-2-4-11(25-14(8)17(21,22)23)13(7-1-3-10(20)9(19)5-7)27-6-12(15(24)28)26-16(27)29/h1-5,12-13H,6H2,(H2,24,28)(H,26,29)/t12?,13-/m0/s1. The number of hydrogen-bond donors (Lipinski definition) is 2. The maximum atomic E-state index is 13.6. The predicted octanol–water partition coefficient (Wildman–Crippen LogP) is 3.51. The number of benzene rings is 1. The van der Waals surface area contributed by atoms with E-state index in [0.717, 1.165) is 23.1 Å². The molecule has 3 N–H and O–H groups in total. The van der Waals surface area contributed by atoms with E-state index in [1.807, 2.05) is 0 Å². The van der Waals surface area contributed by atoms with Crippen LogP contribution < -0.4 is 11.1 Å². The van der Waals surface area contributed by atoms with Crippen molar-refractivity contribution in [3.05, 3.63) is 63.1 Å². The number of carbonyl (C=O) groups excluding carboxylic acids is 2. The highest BCUT2D eigenvalue weighted by molar-refractivity contribution is 6.31. The number of aromatic nitrogens is 1. The van der Waals surface area contributed by atoms with Gasteiger partial charge in [0, 0.05) is 0 Å². The molecule has 1 aromatic carbocycles. The predicted molar refractivity (Wildman–Crippen MR) is 95.7 cm³/mol. The van der Waals surface area contributed by atoms with Crippen molar-refractivity contribution in [3.63, 3.8) is 0 Å². The van der Waals surface area contributed by atoms with Crippen LogP contribution in [0.15, 0.2) is 30.3 Å². The van der Waals surface area contributed by atoms with Gasteiger partial charge >= 0.3 is 12.2 Å². The van der Waals surface area contributed by atoms with E-state index in [2.05, 4.69) is 10.3 Å². The Morgan fingerprint density at radius 3 is 2.48 bits per heavy atom. The molecule has 2 atom stereocenters. The highest BCUT2D eigenvalue weighted by Gasteiger charge is 2.41. The average Bonchev–Trinajstić information content (AvgIpc) is 3.00. The number of nitrogens with two attached hydrogens (primary N) is 1. The number of alkyl halides is 3. The Balaban J connectivity index is 2.15. The molecule has 0 radical (unpaired) electrons. The zero-order chi connectivity index (χ0) is 21.5. The van der Waals surface area contributed by atoms with E-state index in [-0.39, 0.29) is 22.8 Å². The van der Waals surface area contributed by atoms with E-state index < -0.39 is 46.7 Å². The molecule has 6 nitrogen and oxygen atoms in total. The fourth-order valence-electron chi connectivity index (χ4n) is 2.94. The van der Waals surface area contributed by atoms with Crippen LogP contribution in [-0.2, 0) is 11.0 Å². The van der Waals surface area contributed by atoms with E-state index in [1.165, 1.54) is 12.1 Å². The highest BCUT2D eigenvalue weighted by atomic mass is 35.5. The smallest absolute Gasteiger partial charge is 0.368 e. The molecule has 1 unspecified atom stereocenters. The van der Waals surface area contributed by atoms with Crippen LogP contribution in [0, 0.1) is 5.82 Å². The number of nitrogens with one attached hydrogen (secondary N) is 1. The van der Waals surface area contributed by atoms with Crippen LogP contribution in [0.1, 0.15) is 23.0 Å². The average molecular weight is 451 g/mol. The number of nitrogens with zero attached hydrogens (tertiary/aromatic N) is 2. The van der Waals surface area contributed by atoms with Gasteiger partial charge in [-0.3, -0.25) is 4.79 Å². The molecule has 2 aromatic rings. The van der Waals surface area contributed by atoms with Gasteiger partial charge < -0.3 is 16.0 Å². The van der Waals surface area contributed by atoms with E-state index in [4.69, 9.17) is 28.9 Å². The zero-order valence-corrected chi connectivity index (χ0v) is 15.8. The van der Waals surface area contributed by atoms with E-state index >= 15 is 0 Å². The van der Waals surface area contributed by atoms with Crippen molar-refractivity contribution in [2.75, 3.05) is 6.54 Å². The molecular weight excluding hydrogens is 439 g/mol. The largest absolute Gasteiger partial charge is 0.434 e. The SMILES string of the molecule is NC(=O)C1CN([C@@H](c2ccc(F)c(Cl)c2)c2ccc(Cl)c(C(F)(F)F)n2)C(=O)N1. The Morgan fingerprint density at radius 2 is 1.93 bits per heavy atom. The van der Waals surface area contributed by atoms with Gasteiger partial charge in [-0.05, 0) is 29.8 Å². The Hall–Kier alpha value is -2.59.